The van der Waals surface area contributed by atoms with Crippen molar-refractivity contribution in [3.63, 3.8) is 0 Å². The van der Waals surface area contributed by atoms with E-state index in [4.69, 9.17) is 4.98 Å². The quantitative estimate of drug-likeness (QED) is 0.328. The third-order valence-electron chi connectivity index (χ3n) is 6.65. The summed E-state index contributed by atoms with van der Waals surface area (Å²) in [5.74, 6) is -0.237. The van der Waals surface area contributed by atoms with Crippen LogP contribution in [0.4, 0.5) is 5.13 Å². The molecule has 2 aromatic carbocycles. The summed E-state index contributed by atoms with van der Waals surface area (Å²) in [5.41, 5.74) is 4.28. The first-order chi connectivity index (χ1) is 16.8. The van der Waals surface area contributed by atoms with E-state index in [2.05, 4.69) is 26.0 Å². The molecule has 1 aliphatic rings. The van der Waals surface area contributed by atoms with Crippen LogP contribution in [0.1, 0.15) is 29.5 Å². The minimum Gasteiger partial charge on any atom is -0.283 e. The molecule has 0 atom stereocenters. The van der Waals surface area contributed by atoms with E-state index < -0.39 is 10.0 Å². The molecule has 0 aliphatic carbocycles. The van der Waals surface area contributed by atoms with Crippen LogP contribution in [0.5, 0.6) is 0 Å². The molecule has 1 saturated heterocycles. The number of benzene rings is 2. The highest BCUT2D eigenvalue weighted by Gasteiger charge is 2.35. The number of anilines is 1. The highest BCUT2D eigenvalue weighted by molar-refractivity contribution is 7.91. The number of carbonyl (C=O) groups excluding carboxylic acids is 1. The second-order valence-electron chi connectivity index (χ2n) is 8.87. The van der Waals surface area contributed by atoms with Gasteiger partial charge >= 0.3 is 0 Å². The number of sulfonamides is 1. The standard InChI is InChI=1S/C26H27N3O3S3/c1-18-10-11-22-24(19(18)2)27-26(34-22)29(17-20-7-4-3-5-8-20)25(30)21-12-14-28(15-13-21)35(31,32)23-9-6-16-33-23/h3-11,16,21H,12-15,17H2,1-2H3. The SMILES string of the molecule is Cc1ccc2sc(N(Cc3ccccc3)C(=O)C3CCN(S(=O)(=O)c4cccs4)CC3)nc2c1C. The van der Waals surface area contributed by atoms with Gasteiger partial charge in [0.1, 0.15) is 4.21 Å². The van der Waals surface area contributed by atoms with Gasteiger partial charge in [0.05, 0.1) is 16.8 Å². The Labute approximate surface area is 213 Å². The zero-order chi connectivity index (χ0) is 24.6. The van der Waals surface area contributed by atoms with Crippen LogP contribution in [0.15, 0.2) is 64.2 Å². The van der Waals surface area contributed by atoms with Gasteiger partial charge in [-0.3, -0.25) is 9.69 Å². The first-order valence-electron chi connectivity index (χ1n) is 11.6. The zero-order valence-corrected chi connectivity index (χ0v) is 22.1. The maximum Gasteiger partial charge on any atom is 0.252 e. The Balaban J connectivity index is 1.40. The van der Waals surface area contributed by atoms with Crippen molar-refractivity contribution in [3.8, 4) is 0 Å². The minimum absolute atomic E-state index is 0.00968. The predicted molar refractivity (Wildman–Crippen MR) is 143 cm³/mol. The van der Waals surface area contributed by atoms with Gasteiger partial charge in [0.15, 0.2) is 5.13 Å². The Bertz CT molecular complexity index is 1440. The fraction of sp³-hybridized carbons (Fsp3) is 0.308. The van der Waals surface area contributed by atoms with Crippen LogP contribution in [0.3, 0.4) is 0 Å². The highest BCUT2D eigenvalue weighted by Crippen LogP contribution is 2.35. The van der Waals surface area contributed by atoms with E-state index in [-0.39, 0.29) is 11.8 Å². The van der Waals surface area contributed by atoms with Gasteiger partial charge in [0, 0.05) is 19.0 Å². The summed E-state index contributed by atoms with van der Waals surface area (Å²) in [7, 11) is -3.50. The van der Waals surface area contributed by atoms with Crippen LogP contribution in [0.2, 0.25) is 0 Å². The Morgan fingerprint density at radius 2 is 1.80 bits per heavy atom. The van der Waals surface area contributed by atoms with Crippen LogP contribution >= 0.6 is 22.7 Å². The molecule has 5 rings (SSSR count). The number of hydrogen-bond acceptors (Lipinski definition) is 6. The Morgan fingerprint density at radius 3 is 2.49 bits per heavy atom. The molecular formula is C26H27N3O3S3. The summed E-state index contributed by atoms with van der Waals surface area (Å²) in [6, 6.07) is 17.5. The minimum atomic E-state index is -3.50. The molecule has 9 heteroatoms. The Hall–Kier alpha value is -2.59. The lowest BCUT2D eigenvalue weighted by Gasteiger charge is -2.32. The van der Waals surface area contributed by atoms with Gasteiger partial charge in [0.25, 0.3) is 10.0 Å². The lowest BCUT2D eigenvalue weighted by molar-refractivity contribution is -0.123. The Kier molecular flexibility index (Phi) is 6.76. The average Bonchev–Trinajstić information content (AvgIpc) is 3.57. The third kappa shape index (κ3) is 4.78. The molecule has 0 N–H and O–H groups in total. The van der Waals surface area contributed by atoms with Crippen molar-refractivity contribution >= 4 is 54.0 Å². The van der Waals surface area contributed by atoms with E-state index in [1.807, 2.05) is 30.3 Å². The van der Waals surface area contributed by atoms with E-state index in [1.54, 1.807) is 22.4 Å². The van der Waals surface area contributed by atoms with Crippen molar-refractivity contribution in [2.24, 2.45) is 5.92 Å². The number of thiazole rings is 1. The summed E-state index contributed by atoms with van der Waals surface area (Å²) in [4.78, 5) is 20.5. The summed E-state index contributed by atoms with van der Waals surface area (Å²) in [6.45, 7) is 5.25. The second kappa shape index (κ2) is 9.81. The molecule has 1 fully saturated rings. The topological polar surface area (TPSA) is 70.6 Å². The zero-order valence-electron chi connectivity index (χ0n) is 19.7. The molecule has 0 radical (unpaired) electrons. The number of thiophene rings is 1. The normalized spacial score (nSPS) is 15.5. The maximum atomic E-state index is 13.8. The van der Waals surface area contributed by atoms with Crippen LogP contribution in [0, 0.1) is 19.8 Å². The second-order valence-corrected chi connectivity index (χ2v) is 13.0. The van der Waals surface area contributed by atoms with Gasteiger partial charge in [-0.05, 0) is 60.9 Å². The lowest BCUT2D eigenvalue weighted by Crippen LogP contribution is -2.44. The van der Waals surface area contributed by atoms with Crippen LogP contribution < -0.4 is 4.90 Å². The molecule has 2 aromatic heterocycles. The van der Waals surface area contributed by atoms with Crippen molar-refractivity contribution < 1.29 is 13.2 Å². The molecule has 0 saturated carbocycles. The van der Waals surface area contributed by atoms with E-state index in [9.17, 15) is 13.2 Å². The Morgan fingerprint density at radius 1 is 1.06 bits per heavy atom. The van der Waals surface area contributed by atoms with Gasteiger partial charge in [-0.15, -0.1) is 11.3 Å². The van der Waals surface area contributed by atoms with Gasteiger partial charge in [-0.1, -0.05) is 53.8 Å². The van der Waals surface area contributed by atoms with Crippen molar-refractivity contribution in [3.05, 3.63) is 76.7 Å². The molecule has 0 bridgehead atoms. The molecule has 4 aromatic rings. The van der Waals surface area contributed by atoms with E-state index in [0.717, 1.165) is 21.3 Å². The van der Waals surface area contributed by atoms with Crippen LogP contribution in [0.25, 0.3) is 10.2 Å². The number of piperidine rings is 1. The third-order valence-corrected chi connectivity index (χ3v) is 11.0. The molecule has 1 amide bonds. The number of aromatic nitrogens is 1. The van der Waals surface area contributed by atoms with Crippen LogP contribution in [-0.2, 0) is 21.4 Å². The molecule has 0 spiro atoms. The first-order valence-corrected chi connectivity index (χ1v) is 14.7. The fourth-order valence-electron chi connectivity index (χ4n) is 4.44. The van der Waals surface area contributed by atoms with Gasteiger partial charge < -0.3 is 0 Å². The van der Waals surface area contributed by atoms with Gasteiger partial charge in [-0.25, -0.2) is 13.4 Å². The number of nitrogens with zero attached hydrogens (tertiary/aromatic N) is 3. The molecule has 1 aliphatic heterocycles. The van der Waals surface area contributed by atoms with Crippen molar-refractivity contribution in [1.29, 1.82) is 0 Å². The summed E-state index contributed by atoms with van der Waals surface area (Å²) >= 11 is 2.76. The molecule has 182 valence electrons. The summed E-state index contributed by atoms with van der Waals surface area (Å²) in [5, 5.41) is 2.46. The van der Waals surface area contributed by atoms with E-state index >= 15 is 0 Å². The number of fused-ring (bicyclic) bond motifs is 1. The number of rotatable bonds is 6. The van der Waals surface area contributed by atoms with Gasteiger partial charge in [0.2, 0.25) is 5.91 Å². The summed E-state index contributed by atoms with van der Waals surface area (Å²) in [6.07, 6.45) is 0.996. The molecule has 6 nitrogen and oxygen atoms in total. The summed E-state index contributed by atoms with van der Waals surface area (Å²) < 4.78 is 28.7. The predicted octanol–water partition coefficient (Wildman–Crippen LogP) is 5.61. The number of aryl methyl sites for hydroxylation is 2. The highest BCUT2D eigenvalue weighted by atomic mass is 32.2. The average molecular weight is 526 g/mol. The fourth-order valence-corrected chi connectivity index (χ4v) is 8.08. The largest absolute Gasteiger partial charge is 0.283 e. The van der Waals surface area contributed by atoms with Crippen molar-refractivity contribution in [2.45, 2.75) is 37.4 Å². The molecule has 35 heavy (non-hydrogen) atoms. The molecule has 0 unspecified atom stereocenters. The van der Waals surface area contributed by atoms with Crippen LogP contribution in [-0.4, -0.2) is 36.7 Å². The number of carbonyl (C=O) groups is 1. The van der Waals surface area contributed by atoms with Crippen molar-refractivity contribution in [1.82, 2.24) is 9.29 Å². The molecular weight excluding hydrogens is 499 g/mol. The monoisotopic (exact) mass is 525 g/mol. The molecule has 3 heterocycles. The maximum absolute atomic E-state index is 13.8. The van der Waals surface area contributed by atoms with Crippen molar-refractivity contribution in [2.75, 3.05) is 18.0 Å². The number of amides is 1. The van der Waals surface area contributed by atoms with Gasteiger partial charge in [-0.2, -0.15) is 4.31 Å². The smallest absolute Gasteiger partial charge is 0.252 e. The number of hydrogen-bond donors (Lipinski definition) is 0. The first kappa shape index (κ1) is 24.1. The lowest BCUT2D eigenvalue weighted by atomic mass is 9.96. The van der Waals surface area contributed by atoms with E-state index in [0.29, 0.717) is 41.8 Å². The van der Waals surface area contributed by atoms with E-state index in [1.165, 1.54) is 32.5 Å².